The first-order chi connectivity index (χ1) is 9.22. The van der Waals surface area contributed by atoms with Crippen molar-refractivity contribution in [3.05, 3.63) is 24.5 Å². The summed E-state index contributed by atoms with van der Waals surface area (Å²) < 4.78 is 15.8. The van der Waals surface area contributed by atoms with Gasteiger partial charge in [-0.3, -0.25) is 4.90 Å². The zero-order chi connectivity index (χ0) is 13.8. The Kier molecular flexibility index (Phi) is 3.94. The van der Waals surface area contributed by atoms with Gasteiger partial charge in [-0.15, -0.1) is 0 Å². The lowest BCUT2D eigenvalue weighted by Gasteiger charge is -2.18. The molecular formula is C14H17NO4. The van der Waals surface area contributed by atoms with E-state index >= 15 is 0 Å². The monoisotopic (exact) mass is 263 g/mol. The summed E-state index contributed by atoms with van der Waals surface area (Å²) >= 11 is 0. The summed E-state index contributed by atoms with van der Waals surface area (Å²) in [6.07, 6.45) is 1.17. The molecule has 2 aromatic rings. The predicted octanol–water partition coefficient (Wildman–Crippen LogP) is 3.42. The number of amides is 1. The van der Waals surface area contributed by atoms with Crippen LogP contribution >= 0.6 is 0 Å². The largest absolute Gasteiger partial charge is 0.493 e. The number of para-hydroxylation sites is 1. The van der Waals surface area contributed by atoms with Crippen molar-refractivity contribution in [2.24, 2.45) is 0 Å². The summed E-state index contributed by atoms with van der Waals surface area (Å²) in [4.78, 5) is 13.4. The van der Waals surface area contributed by atoms with Crippen molar-refractivity contribution < 1.29 is 18.7 Å². The first kappa shape index (κ1) is 13.3. The van der Waals surface area contributed by atoms with Crippen molar-refractivity contribution in [3.8, 4) is 5.75 Å². The minimum Gasteiger partial charge on any atom is -0.493 e. The molecule has 19 heavy (non-hydrogen) atoms. The Labute approximate surface area is 111 Å². The maximum Gasteiger partial charge on any atom is 0.414 e. The van der Waals surface area contributed by atoms with Gasteiger partial charge in [0.2, 0.25) is 0 Å². The Bertz CT molecular complexity index is 576. The molecule has 5 heteroatoms. The smallest absolute Gasteiger partial charge is 0.414 e. The number of methoxy groups -OCH3 is 1. The molecule has 102 valence electrons. The molecule has 0 bridgehead atoms. The highest BCUT2D eigenvalue weighted by Gasteiger charge is 2.20. The van der Waals surface area contributed by atoms with Gasteiger partial charge in [0.1, 0.15) is 6.26 Å². The van der Waals surface area contributed by atoms with Crippen LogP contribution in [0.5, 0.6) is 5.75 Å². The molecule has 0 aliphatic heterocycles. The van der Waals surface area contributed by atoms with E-state index < -0.39 is 0 Å². The molecule has 2 rings (SSSR count). The van der Waals surface area contributed by atoms with Gasteiger partial charge in [0.15, 0.2) is 11.3 Å². The maximum atomic E-state index is 11.9. The van der Waals surface area contributed by atoms with Crippen molar-refractivity contribution in [3.63, 3.8) is 0 Å². The number of furan rings is 1. The molecule has 0 saturated heterocycles. The van der Waals surface area contributed by atoms with Gasteiger partial charge in [0, 0.05) is 11.9 Å². The molecule has 0 unspecified atom stereocenters. The summed E-state index contributed by atoms with van der Waals surface area (Å²) in [5.41, 5.74) is 1.32. The standard InChI is InChI=1S/C14H17NO4/c1-4-15(14(16)18-5-2)11-9-19-13-10(11)7-6-8-12(13)17-3/h6-9H,4-5H2,1-3H3. The van der Waals surface area contributed by atoms with Crippen molar-refractivity contribution in [2.75, 3.05) is 25.2 Å². The molecular weight excluding hydrogens is 246 g/mol. The van der Waals surface area contributed by atoms with Gasteiger partial charge in [-0.1, -0.05) is 6.07 Å². The minimum absolute atomic E-state index is 0.342. The molecule has 0 spiro atoms. The van der Waals surface area contributed by atoms with Gasteiger partial charge in [0.05, 0.1) is 19.4 Å². The maximum absolute atomic E-state index is 11.9. The summed E-state index contributed by atoms with van der Waals surface area (Å²) in [7, 11) is 1.58. The Hall–Kier alpha value is -2.17. The van der Waals surface area contributed by atoms with Crippen LogP contribution in [-0.2, 0) is 4.74 Å². The van der Waals surface area contributed by atoms with Crippen LogP contribution in [0.2, 0.25) is 0 Å². The average Bonchev–Trinajstić information content (AvgIpc) is 2.84. The van der Waals surface area contributed by atoms with Gasteiger partial charge in [0.25, 0.3) is 0 Å². The number of carbonyl (C=O) groups is 1. The fraction of sp³-hybridized carbons (Fsp3) is 0.357. The van der Waals surface area contributed by atoms with E-state index in [-0.39, 0.29) is 6.09 Å². The first-order valence-electron chi connectivity index (χ1n) is 6.21. The van der Waals surface area contributed by atoms with Crippen molar-refractivity contribution in [2.45, 2.75) is 13.8 Å². The van der Waals surface area contributed by atoms with E-state index in [1.165, 1.54) is 4.90 Å². The highest BCUT2D eigenvalue weighted by Crippen LogP contribution is 2.34. The van der Waals surface area contributed by atoms with Crippen LogP contribution in [0.15, 0.2) is 28.9 Å². The molecule has 1 aromatic heterocycles. The van der Waals surface area contributed by atoms with Crippen LogP contribution in [-0.4, -0.2) is 26.4 Å². The molecule has 1 amide bonds. The number of fused-ring (bicyclic) bond motifs is 1. The van der Waals surface area contributed by atoms with E-state index in [0.717, 1.165) is 5.39 Å². The third-order valence-corrected chi connectivity index (χ3v) is 2.86. The molecule has 0 fully saturated rings. The third-order valence-electron chi connectivity index (χ3n) is 2.86. The zero-order valence-corrected chi connectivity index (χ0v) is 11.3. The molecule has 5 nitrogen and oxygen atoms in total. The second-order valence-corrected chi connectivity index (χ2v) is 3.90. The number of hydrogen-bond acceptors (Lipinski definition) is 4. The minimum atomic E-state index is -0.379. The molecule has 1 aromatic carbocycles. The number of ether oxygens (including phenoxy) is 2. The topological polar surface area (TPSA) is 51.9 Å². The number of rotatable bonds is 4. The average molecular weight is 263 g/mol. The quantitative estimate of drug-likeness (QED) is 0.848. The van der Waals surface area contributed by atoms with E-state index in [2.05, 4.69) is 0 Å². The Balaban J connectivity index is 2.47. The van der Waals surface area contributed by atoms with Crippen LogP contribution in [0, 0.1) is 0 Å². The van der Waals surface area contributed by atoms with E-state index in [0.29, 0.717) is 30.2 Å². The Morgan fingerprint density at radius 1 is 1.37 bits per heavy atom. The van der Waals surface area contributed by atoms with Crippen molar-refractivity contribution in [1.29, 1.82) is 0 Å². The molecule has 0 saturated carbocycles. The van der Waals surface area contributed by atoms with E-state index in [1.807, 2.05) is 25.1 Å². The van der Waals surface area contributed by atoms with Gasteiger partial charge < -0.3 is 13.9 Å². The lowest BCUT2D eigenvalue weighted by atomic mass is 10.2. The first-order valence-corrected chi connectivity index (χ1v) is 6.21. The number of benzene rings is 1. The van der Waals surface area contributed by atoms with Gasteiger partial charge in [-0.25, -0.2) is 4.79 Å². The number of anilines is 1. The third kappa shape index (κ3) is 2.36. The highest BCUT2D eigenvalue weighted by atomic mass is 16.6. The van der Waals surface area contributed by atoms with E-state index in [1.54, 1.807) is 20.3 Å². The Morgan fingerprint density at radius 2 is 2.16 bits per heavy atom. The summed E-state index contributed by atoms with van der Waals surface area (Å²) in [6.45, 7) is 4.51. The van der Waals surface area contributed by atoms with Gasteiger partial charge >= 0.3 is 6.09 Å². The molecule has 0 atom stereocenters. The SMILES string of the molecule is CCOC(=O)N(CC)c1coc2c(OC)cccc12. The number of nitrogens with zero attached hydrogens (tertiary/aromatic N) is 1. The fourth-order valence-corrected chi connectivity index (χ4v) is 1.99. The van der Waals surface area contributed by atoms with Crippen LogP contribution in [0.4, 0.5) is 10.5 Å². The predicted molar refractivity (Wildman–Crippen MR) is 72.8 cm³/mol. The molecule has 0 aliphatic rings. The van der Waals surface area contributed by atoms with Gasteiger partial charge in [-0.05, 0) is 26.0 Å². The highest BCUT2D eigenvalue weighted by molar-refractivity contribution is 6.01. The molecule has 0 N–H and O–H groups in total. The lowest BCUT2D eigenvalue weighted by molar-refractivity contribution is 0.160. The van der Waals surface area contributed by atoms with E-state index in [4.69, 9.17) is 13.9 Å². The van der Waals surface area contributed by atoms with Crippen LogP contribution in [0.3, 0.4) is 0 Å². The zero-order valence-electron chi connectivity index (χ0n) is 11.3. The summed E-state index contributed by atoms with van der Waals surface area (Å²) in [6, 6.07) is 5.56. The van der Waals surface area contributed by atoms with Crippen molar-refractivity contribution >= 4 is 22.7 Å². The normalized spacial score (nSPS) is 10.5. The van der Waals surface area contributed by atoms with Crippen LogP contribution in [0.25, 0.3) is 11.0 Å². The summed E-state index contributed by atoms with van der Waals surface area (Å²) in [5.74, 6) is 0.642. The second kappa shape index (κ2) is 5.65. The summed E-state index contributed by atoms with van der Waals surface area (Å²) in [5, 5.41) is 0.828. The van der Waals surface area contributed by atoms with Crippen LogP contribution < -0.4 is 9.64 Å². The van der Waals surface area contributed by atoms with E-state index in [9.17, 15) is 4.79 Å². The lowest BCUT2D eigenvalue weighted by Crippen LogP contribution is -2.31. The van der Waals surface area contributed by atoms with Crippen molar-refractivity contribution in [1.82, 2.24) is 0 Å². The van der Waals surface area contributed by atoms with Crippen LogP contribution in [0.1, 0.15) is 13.8 Å². The number of hydrogen-bond donors (Lipinski definition) is 0. The van der Waals surface area contributed by atoms with Gasteiger partial charge in [-0.2, -0.15) is 0 Å². The second-order valence-electron chi connectivity index (χ2n) is 3.90. The molecule has 0 aliphatic carbocycles. The fourth-order valence-electron chi connectivity index (χ4n) is 1.99. The molecule has 1 heterocycles. The Morgan fingerprint density at radius 3 is 2.79 bits per heavy atom. The molecule has 0 radical (unpaired) electrons. The number of carbonyl (C=O) groups excluding carboxylic acids is 1.